The number of aromatic nitrogens is 5. The molecule has 4 aromatic heterocycles. The van der Waals surface area contributed by atoms with Gasteiger partial charge in [-0.3, -0.25) is 9.89 Å². The monoisotopic (exact) mass is 466 g/mol. The number of nitrogens with zero attached hydrogens (tertiary/aromatic N) is 4. The van der Waals surface area contributed by atoms with Crippen LogP contribution in [0, 0.1) is 11.7 Å². The molecule has 0 spiro atoms. The third kappa shape index (κ3) is 3.11. The molecule has 33 heavy (non-hydrogen) atoms. The molecule has 2 atom stereocenters. The zero-order valence-corrected chi connectivity index (χ0v) is 18.1. The van der Waals surface area contributed by atoms with Crippen molar-refractivity contribution in [1.82, 2.24) is 24.1 Å². The predicted octanol–water partition coefficient (Wildman–Crippen LogP) is 4.97. The van der Waals surface area contributed by atoms with Crippen molar-refractivity contribution >= 4 is 39.9 Å². The predicted molar refractivity (Wildman–Crippen MR) is 121 cm³/mol. The van der Waals surface area contributed by atoms with Gasteiger partial charge in [0.05, 0.1) is 40.1 Å². The first-order valence-corrected chi connectivity index (χ1v) is 10.7. The number of aryl methyl sites for hydroxylation is 1. The van der Waals surface area contributed by atoms with Crippen LogP contribution in [0.4, 0.5) is 14.6 Å². The zero-order valence-electron chi connectivity index (χ0n) is 17.3. The number of amides is 1. The van der Waals surface area contributed by atoms with Gasteiger partial charge in [0.25, 0.3) is 0 Å². The van der Waals surface area contributed by atoms with Crippen LogP contribution < -0.4 is 5.32 Å². The van der Waals surface area contributed by atoms with Crippen LogP contribution in [0.25, 0.3) is 38.9 Å². The molecule has 4 heterocycles. The van der Waals surface area contributed by atoms with Crippen molar-refractivity contribution in [3.8, 4) is 22.4 Å². The summed E-state index contributed by atoms with van der Waals surface area (Å²) in [4.78, 5) is 16.4. The van der Waals surface area contributed by atoms with E-state index < -0.39 is 17.9 Å². The highest BCUT2D eigenvalue weighted by Crippen LogP contribution is 2.43. The fraction of sp³-hybridized carbons (Fsp3) is 0.174. The SMILES string of the molecule is Cn1cccc1-c1c(F)c(Cl)c(-c2ccc3nc(NC(=O)C4CC4F)cn3c2)c2cn[nH]c12. The van der Waals surface area contributed by atoms with Gasteiger partial charge < -0.3 is 14.3 Å². The van der Waals surface area contributed by atoms with E-state index >= 15 is 4.39 Å². The van der Waals surface area contributed by atoms with E-state index in [1.165, 1.54) is 0 Å². The average Bonchev–Trinajstić information content (AvgIpc) is 3.16. The summed E-state index contributed by atoms with van der Waals surface area (Å²) in [5.74, 6) is -1.22. The molecule has 1 amide bonds. The highest BCUT2D eigenvalue weighted by atomic mass is 35.5. The van der Waals surface area contributed by atoms with Crippen LogP contribution in [-0.2, 0) is 11.8 Å². The minimum Gasteiger partial charge on any atom is -0.350 e. The number of alkyl halides is 1. The maximum atomic E-state index is 15.6. The van der Waals surface area contributed by atoms with Gasteiger partial charge in [-0.1, -0.05) is 11.6 Å². The van der Waals surface area contributed by atoms with Crippen LogP contribution in [0.15, 0.2) is 49.1 Å². The van der Waals surface area contributed by atoms with Crippen LogP contribution in [0.3, 0.4) is 0 Å². The molecule has 10 heteroatoms. The summed E-state index contributed by atoms with van der Waals surface area (Å²) in [6.07, 6.45) is 5.99. The lowest BCUT2D eigenvalue weighted by Crippen LogP contribution is -2.15. The Kier molecular flexibility index (Phi) is 4.31. The molecule has 0 aliphatic heterocycles. The molecular formula is C23H17ClF2N6O. The molecule has 0 radical (unpaired) electrons. The Morgan fingerprint density at radius 1 is 1.27 bits per heavy atom. The molecule has 6 rings (SSSR count). The van der Waals surface area contributed by atoms with Gasteiger partial charge in [0.1, 0.15) is 11.8 Å². The summed E-state index contributed by atoms with van der Waals surface area (Å²) < 4.78 is 32.2. The lowest BCUT2D eigenvalue weighted by Gasteiger charge is -2.13. The number of hydrogen-bond acceptors (Lipinski definition) is 3. The van der Waals surface area contributed by atoms with Crippen LogP contribution in [0.5, 0.6) is 0 Å². The fourth-order valence-corrected chi connectivity index (χ4v) is 4.52. The summed E-state index contributed by atoms with van der Waals surface area (Å²) in [7, 11) is 1.83. The van der Waals surface area contributed by atoms with Gasteiger partial charge in [-0.05, 0) is 30.7 Å². The Bertz CT molecular complexity index is 1570. The van der Waals surface area contributed by atoms with Gasteiger partial charge in [-0.2, -0.15) is 5.10 Å². The number of H-pyrrole nitrogens is 1. The first kappa shape index (κ1) is 19.9. The average molecular weight is 467 g/mol. The molecule has 1 aliphatic carbocycles. The number of hydrogen-bond donors (Lipinski definition) is 2. The third-order valence-electron chi connectivity index (χ3n) is 6.03. The molecule has 0 saturated heterocycles. The van der Waals surface area contributed by atoms with E-state index in [4.69, 9.17) is 11.6 Å². The lowest BCUT2D eigenvalue weighted by molar-refractivity contribution is -0.117. The Morgan fingerprint density at radius 3 is 2.82 bits per heavy atom. The summed E-state index contributed by atoms with van der Waals surface area (Å²) in [5.41, 5.74) is 3.28. The van der Waals surface area contributed by atoms with E-state index in [0.29, 0.717) is 44.8 Å². The second-order valence-electron chi connectivity index (χ2n) is 8.20. The van der Waals surface area contributed by atoms with Gasteiger partial charge in [-0.15, -0.1) is 0 Å². The second kappa shape index (κ2) is 7.14. The molecule has 5 aromatic rings. The molecule has 1 saturated carbocycles. The van der Waals surface area contributed by atoms with Crippen molar-refractivity contribution in [2.75, 3.05) is 5.32 Å². The van der Waals surface area contributed by atoms with Crippen molar-refractivity contribution < 1.29 is 13.6 Å². The zero-order chi connectivity index (χ0) is 22.9. The number of halogens is 3. The molecule has 2 N–H and O–H groups in total. The number of benzene rings is 1. The molecule has 7 nitrogen and oxygen atoms in total. The highest BCUT2D eigenvalue weighted by molar-refractivity contribution is 6.36. The number of nitrogens with one attached hydrogen (secondary N) is 2. The van der Waals surface area contributed by atoms with Crippen molar-refractivity contribution in [1.29, 1.82) is 0 Å². The topological polar surface area (TPSA) is 80.0 Å². The standard InChI is InChI=1S/C23H17ClF2N6O/c1-31-6-2-3-15(31)19-21(26)20(24)18(13-8-27-30-22(13)19)11-4-5-17-28-16(10-32(17)9-11)29-23(33)12-7-14(12)25/h2-6,8-10,12,14H,7H2,1H3,(H,27,30)(H,29,33). The molecule has 0 bridgehead atoms. The number of anilines is 1. The second-order valence-corrected chi connectivity index (χ2v) is 8.58. The minimum atomic E-state index is -1.08. The molecule has 166 valence electrons. The van der Waals surface area contributed by atoms with E-state index in [-0.39, 0.29) is 17.4 Å². The van der Waals surface area contributed by atoms with Crippen molar-refractivity contribution in [2.45, 2.75) is 12.6 Å². The van der Waals surface area contributed by atoms with Crippen LogP contribution in [-0.4, -0.2) is 36.2 Å². The van der Waals surface area contributed by atoms with E-state index in [0.717, 1.165) is 0 Å². The Labute approximate surface area is 191 Å². The Morgan fingerprint density at radius 2 is 2.09 bits per heavy atom. The van der Waals surface area contributed by atoms with Gasteiger partial charge in [0, 0.05) is 36.0 Å². The number of rotatable bonds is 4. The number of carbonyl (C=O) groups is 1. The first-order chi connectivity index (χ1) is 15.9. The summed E-state index contributed by atoms with van der Waals surface area (Å²) in [5, 5.41) is 10.3. The lowest BCUT2D eigenvalue weighted by atomic mass is 9.98. The smallest absolute Gasteiger partial charge is 0.231 e. The fourth-order valence-electron chi connectivity index (χ4n) is 4.21. The van der Waals surface area contributed by atoms with Gasteiger partial charge in [-0.25, -0.2) is 13.8 Å². The number of carbonyl (C=O) groups excluding carboxylic acids is 1. The normalized spacial score (nSPS) is 17.7. The summed E-state index contributed by atoms with van der Waals surface area (Å²) in [6.45, 7) is 0. The maximum Gasteiger partial charge on any atom is 0.231 e. The van der Waals surface area contributed by atoms with E-state index in [9.17, 15) is 9.18 Å². The minimum absolute atomic E-state index is 0.0178. The molecule has 1 aromatic carbocycles. The summed E-state index contributed by atoms with van der Waals surface area (Å²) in [6, 6.07) is 7.17. The van der Waals surface area contributed by atoms with Gasteiger partial charge in [0.15, 0.2) is 11.6 Å². The quantitative estimate of drug-likeness (QED) is 0.392. The highest BCUT2D eigenvalue weighted by Gasteiger charge is 2.43. The number of fused-ring (bicyclic) bond motifs is 2. The third-order valence-corrected chi connectivity index (χ3v) is 6.39. The van der Waals surface area contributed by atoms with Crippen LogP contribution in [0.1, 0.15) is 6.42 Å². The molecule has 2 unspecified atom stereocenters. The van der Waals surface area contributed by atoms with E-state index in [2.05, 4.69) is 20.5 Å². The Balaban J connectivity index is 1.46. The molecule has 1 fully saturated rings. The van der Waals surface area contributed by atoms with Gasteiger partial charge >= 0.3 is 0 Å². The van der Waals surface area contributed by atoms with Crippen molar-refractivity contribution in [3.63, 3.8) is 0 Å². The number of pyridine rings is 1. The van der Waals surface area contributed by atoms with Crippen LogP contribution >= 0.6 is 11.6 Å². The van der Waals surface area contributed by atoms with Crippen molar-refractivity contribution in [2.24, 2.45) is 13.0 Å². The number of imidazole rings is 1. The van der Waals surface area contributed by atoms with Crippen molar-refractivity contribution in [3.05, 3.63) is 59.9 Å². The first-order valence-electron chi connectivity index (χ1n) is 10.3. The maximum absolute atomic E-state index is 15.6. The van der Waals surface area contributed by atoms with Gasteiger partial charge in [0.2, 0.25) is 5.91 Å². The molecule has 1 aliphatic rings. The van der Waals surface area contributed by atoms with E-state index in [1.54, 1.807) is 35.1 Å². The largest absolute Gasteiger partial charge is 0.350 e. The van der Waals surface area contributed by atoms with Crippen LogP contribution in [0.2, 0.25) is 5.02 Å². The summed E-state index contributed by atoms with van der Waals surface area (Å²) >= 11 is 6.58. The number of aromatic amines is 1. The Hall–Kier alpha value is -3.72. The molecular weight excluding hydrogens is 450 g/mol. The van der Waals surface area contributed by atoms with E-state index in [1.807, 2.05) is 29.9 Å².